The Labute approximate surface area is 140 Å². The molecular formula is C15H21ClN2O5. The summed E-state index contributed by atoms with van der Waals surface area (Å²) in [5.74, 6) is -1.17. The van der Waals surface area contributed by atoms with Crippen LogP contribution in [0.5, 0.6) is 11.5 Å². The Morgan fingerprint density at radius 3 is 2.52 bits per heavy atom. The molecule has 1 aliphatic heterocycles. The average Bonchev–Trinajstić information content (AvgIpc) is 2.48. The number of phenols is 2. The number of carbonyl (C=O) groups is 1. The van der Waals surface area contributed by atoms with Gasteiger partial charge < -0.3 is 15.1 Å². The van der Waals surface area contributed by atoms with Crippen LogP contribution in [0.15, 0.2) is 12.1 Å². The van der Waals surface area contributed by atoms with Crippen molar-refractivity contribution in [2.75, 3.05) is 19.6 Å². The minimum Gasteiger partial charge on any atom is -0.504 e. The first-order chi connectivity index (χ1) is 10.4. The number of piperidine rings is 1. The van der Waals surface area contributed by atoms with Crippen LogP contribution in [0.3, 0.4) is 0 Å². The van der Waals surface area contributed by atoms with Crippen molar-refractivity contribution in [3.63, 3.8) is 0 Å². The lowest BCUT2D eigenvalue weighted by Gasteiger charge is -2.29. The summed E-state index contributed by atoms with van der Waals surface area (Å²) in [4.78, 5) is 24.6. The number of Topliss-reactive ketones (excluding diaryl/α,β-unsaturated/α-hetero) is 1. The van der Waals surface area contributed by atoms with E-state index in [0.717, 1.165) is 32.0 Å². The fourth-order valence-electron chi connectivity index (χ4n) is 2.66. The summed E-state index contributed by atoms with van der Waals surface area (Å²) in [6, 6.07) is 2.28. The number of benzene rings is 1. The van der Waals surface area contributed by atoms with Crippen LogP contribution in [0.1, 0.15) is 36.5 Å². The highest BCUT2D eigenvalue weighted by atomic mass is 35.5. The van der Waals surface area contributed by atoms with Crippen LogP contribution in [0.4, 0.5) is 5.69 Å². The maximum atomic E-state index is 12.2. The Morgan fingerprint density at radius 2 is 1.96 bits per heavy atom. The van der Waals surface area contributed by atoms with Gasteiger partial charge in [-0.1, -0.05) is 6.92 Å². The molecule has 0 amide bonds. The second kappa shape index (κ2) is 8.12. The van der Waals surface area contributed by atoms with Crippen LogP contribution in [-0.2, 0) is 0 Å². The average molecular weight is 345 g/mol. The van der Waals surface area contributed by atoms with Crippen molar-refractivity contribution in [1.82, 2.24) is 4.90 Å². The molecule has 0 aromatic heterocycles. The quantitative estimate of drug-likeness (QED) is 0.368. The molecule has 1 aromatic rings. The third kappa shape index (κ3) is 4.56. The Kier molecular flexibility index (Phi) is 6.78. The second-order valence-corrected chi connectivity index (χ2v) is 5.78. The number of nitrogens with zero attached hydrogens (tertiary/aromatic N) is 2. The van der Waals surface area contributed by atoms with Crippen molar-refractivity contribution >= 4 is 23.9 Å². The number of nitro groups is 1. The maximum Gasteiger partial charge on any atom is 0.325 e. The number of hydrogen-bond acceptors (Lipinski definition) is 6. The zero-order chi connectivity index (χ0) is 16.3. The van der Waals surface area contributed by atoms with Crippen molar-refractivity contribution in [3.8, 4) is 11.5 Å². The van der Waals surface area contributed by atoms with E-state index in [1.807, 2.05) is 0 Å². The van der Waals surface area contributed by atoms with E-state index in [1.165, 1.54) is 6.07 Å². The molecule has 1 aromatic carbocycles. The molecule has 2 rings (SSSR count). The van der Waals surface area contributed by atoms with Gasteiger partial charge in [0.05, 0.1) is 10.5 Å². The number of nitro benzene ring substituents is 1. The summed E-state index contributed by atoms with van der Waals surface area (Å²) in [5, 5.41) is 29.9. The molecule has 0 aliphatic carbocycles. The third-order valence-corrected chi connectivity index (χ3v) is 4.14. The molecule has 23 heavy (non-hydrogen) atoms. The topological polar surface area (TPSA) is 104 Å². The van der Waals surface area contributed by atoms with Gasteiger partial charge in [0.15, 0.2) is 11.5 Å². The molecular weight excluding hydrogens is 324 g/mol. The second-order valence-electron chi connectivity index (χ2n) is 5.78. The summed E-state index contributed by atoms with van der Waals surface area (Å²) < 4.78 is 0. The van der Waals surface area contributed by atoms with Crippen LogP contribution in [-0.4, -0.2) is 45.5 Å². The number of carbonyl (C=O) groups excluding carboxylic acids is 1. The number of rotatable bonds is 5. The Hall–Kier alpha value is -1.86. The molecule has 0 atom stereocenters. The molecule has 0 bridgehead atoms. The number of ketones is 1. The normalized spacial score (nSPS) is 15.9. The molecule has 2 N–H and O–H groups in total. The fraction of sp³-hybridized carbons (Fsp3) is 0.533. The maximum absolute atomic E-state index is 12.2. The van der Waals surface area contributed by atoms with Crippen LogP contribution in [0.25, 0.3) is 0 Å². The van der Waals surface area contributed by atoms with Crippen LogP contribution in [0, 0.1) is 16.0 Å². The zero-order valence-electron chi connectivity index (χ0n) is 12.9. The van der Waals surface area contributed by atoms with E-state index >= 15 is 0 Å². The Bertz CT molecular complexity index is 585. The molecule has 7 nitrogen and oxygen atoms in total. The number of phenolic OH excluding ortho intramolecular Hbond substituents is 2. The Balaban J connectivity index is 0.00000264. The molecule has 0 spiro atoms. The van der Waals surface area contributed by atoms with Gasteiger partial charge in [-0.2, -0.15) is 0 Å². The first-order valence-electron chi connectivity index (χ1n) is 7.35. The fourth-order valence-corrected chi connectivity index (χ4v) is 2.66. The molecule has 1 aliphatic rings. The number of hydrogen-bond donors (Lipinski definition) is 2. The molecule has 1 fully saturated rings. The summed E-state index contributed by atoms with van der Waals surface area (Å²) >= 11 is 0. The molecule has 0 unspecified atom stereocenters. The predicted octanol–water partition coefficient (Wildman–Crippen LogP) is 2.73. The lowest BCUT2D eigenvalue weighted by molar-refractivity contribution is -0.386. The minimum absolute atomic E-state index is 0. The summed E-state index contributed by atoms with van der Waals surface area (Å²) in [6.07, 6.45) is 2.34. The van der Waals surface area contributed by atoms with Crippen molar-refractivity contribution in [2.24, 2.45) is 5.92 Å². The van der Waals surface area contributed by atoms with Gasteiger partial charge in [-0.25, -0.2) is 0 Å². The first-order valence-corrected chi connectivity index (χ1v) is 7.35. The highest BCUT2D eigenvalue weighted by molar-refractivity contribution is 6.01. The summed E-state index contributed by atoms with van der Waals surface area (Å²) in [6.45, 7) is 4.60. The van der Waals surface area contributed by atoms with Crippen molar-refractivity contribution < 1.29 is 19.9 Å². The van der Waals surface area contributed by atoms with Crippen LogP contribution >= 0.6 is 12.4 Å². The van der Waals surface area contributed by atoms with E-state index in [2.05, 4.69) is 11.8 Å². The highest BCUT2D eigenvalue weighted by Gasteiger charge is 2.27. The van der Waals surface area contributed by atoms with E-state index in [0.29, 0.717) is 12.5 Å². The van der Waals surface area contributed by atoms with E-state index in [4.69, 9.17) is 0 Å². The number of aromatic hydroxyl groups is 2. The monoisotopic (exact) mass is 344 g/mol. The first kappa shape index (κ1) is 19.2. The molecule has 0 saturated carbocycles. The van der Waals surface area contributed by atoms with E-state index in [-0.39, 0.29) is 24.4 Å². The summed E-state index contributed by atoms with van der Waals surface area (Å²) in [7, 11) is 0. The van der Waals surface area contributed by atoms with E-state index in [9.17, 15) is 25.1 Å². The van der Waals surface area contributed by atoms with E-state index in [1.54, 1.807) is 0 Å². The molecule has 0 radical (unpaired) electrons. The van der Waals surface area contributed by atoms with Crippen molar-refractivity contribution in [2.45, 2.75) is 26.2 Å². The molecule has 1 saturated heterocycles. The van der Waals surface area contributed by atoms with E-state index < -0.39 is 27.9 Å². The standard InChI is InChI=1S/C15H20N2O5.ClH/c1-10-4-7-16(8-5-10)9-6-12(18)11-2-3-13(19)15(20)14(11)17(21)22;/h2-3,10,19-20H,4-9H2,1H3;1H. The van der Waals surface area contributed by atoms with Crippen LogP contribution < -0.4 is 0 Å². The van der Waals surface area contributed by atoms with Gasteiger partial charge in [0.2, 0.25) is 5.75 Å². The Morgan fingerprint density at radius 1 is 1.35 bits per heavy atom. The van der Waals surface area contributed by atoms with Gasteiger partial charge in [-0.15, -0.1) is 12.4 Å². The van der Waals surface area contributed by atoms with Gasteiger partial charge in [0.25, 0.3) is 0 Å². The smallest absolute Gasteiger partial charge is 0.325 e. The third-order valence-electron chi connectivity index (χ3n) is 4.14. The van der Waals surface area contributed by atoms with Gasteiger partial charge in [-0.05, 0) is 44.0 Å². The molecule has 1 heterocycles. The van der Waals surface area contributed by atoms with Gasteiger partial charge in [0.1, 0.15) is 0 Å². The van der Waals surface area contributed by atoms with Gasteiger partial charge in [0, 0.05) is 13.0 Å². The van der Waals surface area contributed by atoms with Crippen molar-refractivity contribution in [1.29, 1.82) is 0 Å². The highest BCUT2D eigenvalue weighted by Crippen LogP contribution is 2.38. The lowest BCUT2D eigenvalue weighted by atomic mass is 9.98. The minimum atomic E-state index is -0.859. The molecule has 8 heteroatoms. The number of likely N-dealkylation sites (tertiary alicyclic amines) is 1. The SMILES string of the molecule is CC1CCN(CCC(=O)c2ccc(O)c(O)c2[N+](=O)[O-])CC1.Cl. The lowest BCUT2D eigenvalue weighted by Crippen LogP contribution is -2.34. The zero-order valence-corrected chi connectivity index (χ0v) is 13.7. The molecule has 128 valence electrons. The van der Waals surface area contributed by atoms with Crippen LogP contribution in [0.2, 0.25) is 0 Å². The van der Waals surface area contributed by atoms with Gasteiger partial charge in [-0.3, -0.25) is 14.9 Å². The van der Waals surface area contributed by atoms with Gasteiger partial charge >= 0.3 is 5.69 Å². The number of halogens is 1. The van der Waals surface area contributed by atoms with Crippen molar-refractivity contribution in [3.05, 3.63) is 27.8 Å². The largest absolute Gasteiger partial charge is 0.504 e. The summed E-state index contributed by atoms with van der Waals surface area (Å²) in [5.41, 5.74) is -0.886. The predicted molar refractivity (Wildman–Crippen MR) is 87.5 cm³/mol.